The maximum absolute atomic E-state index is 12.4. The molecular weight excluding hydrogens is 474 g/mol. The number of nitrogens with zero attached hydrogens (tertiary/aromatic N) is 3. The lowest BCUT2D eigenvalue weighted by Gasteiger charge is -2.09. The molecule has 2 aromatic carbocycles. The summed E-state index contributed by atoms with van der Waals surface area (Å²) >= 11 is 7.50. The number of furan rings is 1. The van der Waals surface area contributed by atoms with Gasteiger partial charge in [0.25, 0.3) is 5.91 Å². The minimum absolute atomic E-state index is 0.158. The van der Waals surface area contributed by atoms with Crippen LogP contribution in [-0.4, -0.2) is 32.3 Å². The lowest BCUT2D eigenvalue weighted by Crippen LogP contribution is -2.25. The first-order valence-corrected chi connectivity index (χ1v) is 11.8. The molecule has 0 bridgehead atoms. The van der Waals surface area contributed by atoms with Gasteiger partial charge in [-0.2, -0.15) is 0 Å². The van der Waals surface area contributed by atoms with Gasteiger partial charge in [-0.3, -0.25) is 14.2 Å². The standard InChI is InChI=1S/C24H22ClN5O3S/c1-16-7-8-19(11-21(16)25)30-15-28-29-24(30)34-14-22(31)26-12-17-4-2-5-18(10-17)23(32)27-13-20-6-3-9-33-20/h2-11,15H,12-14H2,1H3,(H,26,31)(H,27,32). The van der Waals surface area contributed by atoms with Crippen LogP contribution in [0.3, 0.4) is 0 Å². The average Bonchev–Trinajstić information content (AvgIpc) is 3.54. The lowest BCUT2D eigenvalue weighted by molar-refractivity contribution is -0.118. The Kier molecular flexibility index (Phi) is 7.66. The van der Waals surface area contributed by atoms with Crippen LogP contribution in [0.5, 0.6) is 0 Å². The topological polar surface area (TPSA) is 102 Å². The van der Waals surface area contributed by atoms with E-state index >= 15 is 0 Å². The van der Waals surface area contributed by atoms with Crippen molar-refractivity contribution in [3.05, 3.63) is 94.7 Å². The molecule has 0 fully saturated rings. The molecule has 10 heteroatoms. The number of benzene rings is 2. The Morgan fingerprint density at radius 1 is 1.09 bits per heavy atom. The smallest absolute Gasteiger partial charge is 0.251 e. The largest absolute Gasteiger partial charge is 0.467 e. The summed E-state index contributed by atoms with van der Waals surface area (Å²) in [4.78, 5) is 24.8. The van der Waals surface area contributed by atoms with Crippen molar-refractivity contribution in [2.75, 3.05) is 5.75 Å². The third-order valence-corrected chi connectivity index (χ3v) is 6.31. The summed E-state index contributed by atoms with van der Waals surface area (Å²) < 4.78 is 7.01. The number of thioether (sulfide) groups is 1. The first-order chi connectivity index (χ1) is 16.5. The van der Waals surface area contributed by atoms with Crippen LogP contribution in [0.15, 0.2) is 76.8 Å². The fourth-order valence-corrected chi connectivity index (χ4v) is 4.05. The average molecular weight is 496 g/mol. The minimum atomic E-state index is -0.212. The number of halogens is 1. The van der Waals surface area contributed by atoms with Gasteiger partial charge in [0.15, 0.2) is 5.16 Å². The fraction of sp³-hybridized carbons (Fsp3) is 0.167. The number of nitrogens with one attached hydrogen (secondary N) is 2. The molecule has 0 radical (unpaired) electrons. The van der Waals surface area contributed by atoms with Crippen molar-refractivity contribution >= 4 is 35.2 Å². The molecule has 2 heterocycles. The van der Waals surface area contributed by atoms with Gasteiger partial charge in [0.1, 0.15) is 12.1 Å². The molecule has 8 nitrogen and oxygen atoms in total. The molecule has 34 heavy (non-hydrogen) atoms. The zero-order valence-electron chi connectivity index (χ0n) is 18.3. The number of hydrogen-bond acceptors (Lipinski definition) is 6. The molecule has 0 aliphatic rings. The SMILES string of the molecule is Cc1ccc(-n2cnnc2SCC(=O)NCc2cccc(C(=O)NCc3ccco3)c2)cc1Cl. The van der Waals surface area contributed by atoms with E-state index in [4.69, 9.17) is 16.0 Å². The second-order valence-electron chi connectivity index (χ2n) is 7.44. The van der Waals surface area contributed by atoms with Crippen LogP contribution in [0.4, 0.5) is 0 Å². The van der Waals surface area contributed by atoms with Gasteiger partial charge in [-0.25, -0.2) is 0 Å². The molecule has 2 N–H and O–H groups in total. The second kappa shape index (κ2) is 11.0. The monoisotopic (exact) mass is 495 g/mol. The summed E-state index contributed by atoms with van der Waals surface area (Å²) in [5, 5.41) is 15.0. The highest BCUT2D eigenvalue weighted by Gasteiger charge is 2.12. The first-order valence-electron chi connectivity index (χ1n) is 10.4. The van der Waals surface area contributed by atoms with Crippen LogP contribution in [0.2, 0.25) is 5.02 Å². The Balaban J connectivity index is 1.29. The zero-order valence-corrected chi connectivity index (χ0v) is 19.9. The van der Waals surface area contributed by atoms with Crippen LogP contribution in [-0.2, 0) is 17.9 Å². The van der Waals surface area contributed by atoms with Crippen LogP contribution < -0.4 is 10.6 Å². The molecule has 2 amide bonds. The molecule has 0 spiro atoms. The summed E-state index contributed by atoms with van der Waals surface area (Å²) in [5.74, 6) is 0.474. The maximum Gasteiger partial charge on any atom is 0.251 e. The number of carbonyl (C=O) groups is 2. The van der Waals surface area contributed by atoms with Crippen LogP contribution in [0.25, 0.3) is 5.69 Å². The van der Waals surface area contributed by atoms with Gasteiger partial charge in [-0.1, -0.05) is 41.6 Å². The van der Waals surface area contributed by atoms with Crippen LogP contribution in [0, 0.1) is 6.92 Å². The minimum Gasteiger partial charge on any atom is -0.467 e. The predicted molar refractivity (Wildman–Crippen MR) is 130 cm³/mol. The molecule has 2 aromatic heterocycles. The number of aryl methyl sites for hydroxylation is 1. The van der Waals surface area contributed by atoms with E-state index in [-0.39, 0.29) is 17.6 Å². The molecule has 0 atom stereocenters. The number of aromatic nitrogens is 3. The molecule has 4 rings (SSSR count). The molecule has 0 saturated heterocycles. The Labute approximate surface area is 205 Å². The summed E-state index contributed by atoms with van der Waals surface area (Å²) in [6, 6.07) is 16.4. The summed E-state index contributed by atoms with van der Waals surface area (Å²) in [5.41, 5.74) is 3.13. The second-order valence-corrected chi connectivity index (χ2v) is 8.79. The number of hydrogen-bond donors (Lipinski definition) is 2. The number of carbonyl (C=O) groups excluding carboxylic acids is 2. The van der Waals surface area contributed by atoms with Crippen molar-refractivity contribution in [2.45, 2.75) is 25.2 Å². The van der Waals surface area contributed by atoms with Crippen molar-refractivity contribution in [1.29, 1.82) is 0 Å². The quantitative estimate of drug-likeness (QED) is 0.338. The summed E-state index contributed by atoms with van der Waals surface area (Å²) in [7, 11) is 0. The molecule has 0 aliphatic carbocycles. The third-order valence-electron chi connectivity index (χ3n) is 4.96. The van der Waals surface area contributed by atoms with E-state index in [1.165, 1.54) is 11.8 Å². The number of rotatable bonds is 9. The van der Waals surface area contributed by atoms with Crippen molar-refractivity contribution in [3.63, 3.8) is 0 Å². The van der Waals surface area contributed by atoms with E-state index in [9.17, 15) is 9.59 Å². The van der Waals surface area contributed by atoms with E-state index in [0.717, 1.165) is 16.8 Å². The summed E-state index contributed by atoms with van der Waals surface area (Å²) in [6.45, 7) is 2.55. The van der Waals surface area contributed by atoms with E-state index in [1.54, 1.807) is 47.5 Å². The first kappa shape index (κ1) is 23.6. The van der Waals surface area contributed by atoms with Crippen molar-refractivity contribution in [3.8, 4) is 5.69 Å². The highest BCUT2D eigenvalue weighted by molar-refractivity contribution is 7.99. The molecule has 0 aliphatic heterocycles. The van der Waals surface area contributed by atoms with Crippen molar-refractivity contribution < 1.29 is 14.0 Å². The van der Waals surface area contributed by atoms with E-state index in [1.807, 2.05) is 31.2 Å². The molecule has 0 saturated carbocycles. The Hall–Kier alpha value is -3.56. The molecule has 4 aromatic rings. The van der Waals surface area contributed by atoms with Gasteiger partial charge >= 0.3 is 0 Å². The predicted octanol–water partition coefficient (Wildman–Crippen LogP) is 4.16. The Morgan fingerprint density at radius 2 is 1.97 bits per heavy atom. The van der Waals surface area contributed by atoms with Crippen LogP contribution >= 0.6 is 23.4 Å². The lowest BCUT2D eigenvalue weighted by atomic mass is 10.1. The normalized spacial score (nSPS) is 10.8. The van der Waals surface area contributed by atoms with Gasteiger partial charge in [0, 0.05) is 17.1 Å². The maximum atomic E-state index is 12.4. The zero-order chi connectivity index (χ0) is 23.9. The third kappa shape index (κ3) is 6.06. The number of amides is 2. The van der Waals surface area contributed by atoms with E-state index in [2.05, 4.69) is 20.8 Å². The molecular formula is C24H22ClN5O3S. The van der Waals surface area contributed by atoms with Gasteiger partial charge < -0.3 is 15.1 Å². The van der Waals surface area contributed by atoms with E-state index < -0.39 is 0 Å². The highest BCUT2D eigenvalue weighted by Crippen LogP contribution is 2.23. The van der Waals surface area contributed by atoms with Gasteiger partial charge in [-0.05, 0) is 54.4 Å². The van der Waals surface area contributed by atoms with Crippen LogP contribution in [0.1, 0.15) is 27.2 Å². The van der Waals surface area contributed by atoms with Gasteiger partial charge in [0.2, 0.25) is 5.91 Å². The fourth-order valence-electron chi connectivity index (χ4n) is 3.12. The van der Waals surface area contributed by atoms with Crippen molar-refractivity contribution in [1.82, 2.24) is 25.4 Å². The molecule has 174 valence electrons. The van der Waals surface area contributed by atoms with Crippen molar-refractivity contribution in [2.24, 2.45) is 0 Å². The Bertz CT molecular complexity index is 1290. The highest BCUT2D eigenvalue weighted by atomic mass is 35.5. The van der Waals surface area contributed by atoms with Gasteiger partial charge in [0.05, 0.1) is 24.2 Å². The molecule has 0 unspecified atom stereocenters. The van der Waals surface area contributed by atoms with Gasteiger partial charge in [-0.15, -0.1) is 10.2 Å². The van der Waals surface area contributed by atoms with E-state index in [0.29, 0.717) is 34.6 Å². The summed E-state index contributed by atoms with van der Waals surface area (Å²) in [6.07, 6.45) is 3.15. The Morgan fingerprint density at radius 3 is 2.76 bits per heavy atom.